The first-order valence-corrected chi connectivity index (χ1v) is 6.47. The molecule has 0 spiro atoms. The third-order valence-corrected chi connectivity index (χ3v) is 3.46. The lowest BCUT2D eigenvalue weighted by Gasteiger charge is -2.26. The second-order valence-electron chi connectivity index (χ2n) is 5.04. The van der Waals surface area contributed by atoms with E-state index in [1.165, 1.54) is 0 Å². The highest BCUT2D eigenvalue weighted by molar-refractivity contribution is 5.95. The zero-order valence-corrected chi connectivity index (χ0v) is 12.1. The lowest BCUT2D eigenvalue weighted by Crippen LogP contribution is -2.40. The number of nitro groups is 1. The Morgan fingerprint density at radius 1 is 1.29 bits per heavy atom. The lowest BCUT2D eigenvalue weighted by molar-refractivity contribution is -0.385. The van der Waals surface area contributed by atoms with Gasteiger partial charge in [-0.05, 0) is 31.7 Å². The highest BCUT2D eigenvalue weighted by Gasteiger charge is 2.22. The fourth-order valence-electron chi connectivity index (χ4n) is 2.34. The molecule has 1 amide bonds. The third-order valence-electron chi connectivity index (χ3n) is 3.46. The summed E-state index contributed by atoms with van der Waals surface area (Å²) in [5.41, 5.74) is 5.31. The van der Waals surface area contributed by atoms with Gasteiger partial charge in [0.2, 0.25) is 0 Å². The second kappa shape index (κ2) is 7.33. The maximum Gasteiger partial charge on any atom is 0.273 e. The standard InChI is InChI=1S/C13H16FN3O3.ClH/c14-9-5-8(6-12(7-9)17(19)20)13(18)16-11-3-1-10(15)2-4-11;/h5-7,10-11H,1-4,15H2,(H,16,18);1H. The van der Waals surface area contributed by atoms with Gasteiger partial charge >= 0.3 is 0 Å². The summed E-state index contributed by atoms with van der Waals surface area (Å²) in [4.78, 5) is 21.9. The molecule has 1 aliphatic carbocycles. The molecule has 2 rings (SSSR count). The van der Waals surface area contributed by atoms with E-state index in [0.29, 0.717) is 0 Å². The summed E-state index contributed by atoms with van der Waals surface area (Å²) in [5.74, 6) is -1.29. The highest BCUT2D eigenvalue weighted by Crippen LogP contribution is 2.19. The molecule has 21 heavy (non-hydrogen) atoms. The number of nitrogens with two attached hydrogens (primary N) is 1. The minimum Gasteiger partial charge on any atom is -0.349 e. The van der Waals surface area contributed by atoms with Gasteiger partial charge in [-0.1, -0.05) is 0 Å². The summed E-state index contributed by atoms with van der Waals surface area (Å²) in [6.07, 6.45) is 3.19. The van der Waals surface area contributed by atoms with Crippen LogP contribution >= 0.6 is 12.4 Å². The first-order valence-electron chi connectivity index (χ1n) is 6.47. The number of amides is 1. The third kappa shape index (κ3) is 4.64. The zero-order chi connectivity index (χ0) is 14.7. The summed E-state index contributed by atoms with van der Waals surface area (Å²) in [5, 5.41) is 13.4. The predicted octanol–water partition coefficient (Wildman–Crippen LogP) is 2.16. The van der Waals surface area contributed by atoms with Gasteiger partial charge in [-0.2, -0.15) is 0 Å². The van der Waals surface area contributed by atoms with Crippen LogP contribution in [0.1, 0.15) is 36.0 Å². The summed E-state index contributed by atoms with van der Waals surface area (Å²) in [7, 11) is 0. The molecule has 0 bridgehead atoms. The molecule has 0 atom stereocenters. The van der Waals surface area contributed by atoms with E-state index in [1.807, 2.05) is 0 Å². The Labute approximate surface area is 127 Å². The highest BCUT2D eigenvalue weighted by atomic mass is 35.5. The molecule has 0 aliphatic heterocycles. The number of carbonyl (C=O) groups excluding carboxylic acids is 1. The minimum atomic E-state index is -0.796. The molecule has 0 heterocycles. The molecule has 1 aliphatic rings. The van der Waals surface area contributed by atoms with E-state index in [4.69, 9.17) is 5.73 Å². The number of non-ortho nitro benzene ring substituents is 1. The first-order chi connectivity index (χ1) is 9.45. The van der Waals surface area contributed by atoms with Crippen molar-refractivity contribution in [2.24, 2.45) is 5.73 Å². The van der Waals surface area contributed by atoms with Crippen molar-refractivity contribution in [3.8, 4) is 0 Å². The van der Waals surface area contributed by atoms with Crippen molar-refractivity contribution in [3.63, 3.8) is 0 Å². The van der Waals surface area contributed by atoms with Gasteiger partial charge in [0.15, 0.2) is 0 Å². The number of hydrogen-bond donors (Lipinski definition) is 2. The average molecular weight is 318 g/mol. The molecule has 1 aromatic rings. The monoisotopic (exact) mass is 317 g/mol. The molecular formula is C13H17ClFN3O3. The largest absolute Gasteiger partial charge is 0.349 e. The van der Waals surface area contributed by atoms with Crippen LogP contribution in [0.5, 0.6) is 0 Å². The lowest BCUT2D eigenvalue weighted by atomic mass is 9.91. The molecular weight excluding hydrogens is 301 g/mol. The van der Waals surface area contributed by atoms with Crippen LogP contribution in [0.2, 0.25) is 0 Å². The normalized spacial score (nSPS) is 21.2. The van der Waals surface area contributed by atoms with Gasteiger partial charge in [-0.25, -0.2) is 4.39 Å². The minimum absolute atomic E-state index is 0. The Bertz CT molecular complexity index is 533. The molecule has 0 radical (unpaired) electrons. The van der Waals surface area contributed by atoms with E-state index in [1.54, 1.807) is 0 Å². The zero-order valence-electron chi connectivity index (χ0n) is 11.3. The Morgan fingerprint density at radius 2 is 1.90 bits per heavy atom. The van der Waals surface area contributed by atoms with Crippen molar-refractivity contribution in [1.29, 1.82) is 0 Å². The van der Waals surface area contributed by atoms with Crippen LogP contribution in [0, 0.1) is 15.9 Å². The second-order valence-corrected chi connectivity index (χ2v) is 5.04. The summed E-state index contributed by atoms with van der Waals surface area (Å²) in [6.45, 7) is 0. The van der Waals surface area contributed by atoms with Crippen LogP contribution in [0.3, 0.4) is 0 Å². The number of nitro benzene ring substituents is 1. The summed E-state index contributed by atoms with van der Waals surface area (Å²) in [6, 6.07) is 3.02. The van der Waals surface area contributed by atoms with Crippen molar-refractivity contribution in [2.75, 3.05) is 0 Å². The molecule has 3 N–H and O–H groups in total. The Balaban J connectivity index is 0.00000220. The van der Waals surface area contributed by atoms with E-state index in [2.05, 4.69) is 5.32 Å². The van der Waals surface area contributed by atoms with E-state index in [0.717, 1.165) is 43.9 Å². The Kier molecular flexibility index (Phi) is 6.04. The van der Waals surface area contributed by atoms with Gasteiger partial charge in [-0.15, -0.1) is 12.4 Å². The fourth-order valence-corrected chi connectivity index (χ4v) is 2.34. The van der Waals surface area contributed by atoms with Crippen molar-refractivity contribution in [1.82, 2.24) is 5.32 Å². The Morgan fingerprint density at radius 3 is 2.48 bits per heavy atom. The number of rotatable bonds is 3. The van der Waals surface area contributed by atoms with Gasteiger partial charge in [-0.3, -0.25) is 14.9 Å². The van der Waals surface area contributed by atoms with Crippen molar-refractivity contribution in [3.05, 3.63) is 39.7 Å². The smallest absolute Gasteiger partial charge is 0.273 e. The van der Waals surface area contributed by atoms with Crippen molar-refractivity contribution >= 4 is 24.0 Å². The van der Waals surface area contributed by atoms with Crippen LogP contribution in [0.25, 0.3) is 0 Å². The van der Waals surface area contributed by atoms with Crippen LogP contribution in [-0.4, -0.2) is 22.9 Å². The van der Waals surface area contributed by atoms with E-state index < -0.39 is 22.3 Å². The first kappa shape index (κ1) is 17.3. The molecule has 116 valence electrons. The summed E-state index contributed by atoms with van der Waals surface area (Å²) >= 11 is 0. The van der Waals surface area contributed by atoms with Gasteiger partial charge in [0.05, 0.1) is 11.0 Å². The topological polar surface area (TPSA) is 98.3 Å². The van der Waals surface area contributed by atoms with Crippen LogP contribution in [-0.2, 0) is 0 Å². The average Bonchev–Trinajstić information content (AvgIpc) is 2.40. The quantitative estimate of drug-likeness (QED) is 0.659. The fraction of sp³-hybridized carbons (Fsp3) is 0.462. The van der Waals surface area contributed by atoms with Crippen molar-refractivity contribution < 1.29 is 14.1 Å². The molecule has 6 nitrogen and oxygen atoms in total. The summed E-state index contributed by atoms with van der Waals surface area (Å²) < 4.78 is 13.3. The molecule has 1 fully saturated rings. The number of nitrogens with zero attached hydrogens (tertiary/aromatic N) is 1. The van der Waals surface area contributed by atoms with E-state index >= 15 is 0 Å². The van der Waals surface area contributed by atoms with Gasteiger partial charge in [0, 0.05) is 23.7 Å². The molecule has 0 saturated heterocycles. The molecule has 8 heteroatoms. The van der Waals surface area contributed by atoms with Crippen LogP contribution in [0.4, 0.5) is 10.1 Å². The van der Waals surface area contributed by atoms with Gasteiger partial charge < -0.3 is 11.1 Å². The number of benzene rings is 1. The van der Waals surface area contributed by atoms with Crippen LogP contribution in [0.15, 0.2) is 18.2 Å². The van der Waals surface area contributed by atoms with Gasteiger partial charge in [0.1, 0.15) is 5.82 Å². The van der Waals surface area contributed by atoms with Gasteiger partial charge in [0.25, 0.3) is 11.6 Å². The molecule has 0 aromatic heterocycles. The maximum atomic E-state index is 13.3. The predicted molar refractivity (Wildman–Crippen MR) is 78.0 cm³/mol. The molecule has 1 aromatic carbocycles. The number of nitrogens with one attached hydrogen (secondary N) is 1. The van der Waals surface area contributed by atoms with E-state index in [-0.39, 0.29) is 30.1 Å². The number of carbonyl (C=O) groups is 1. The number of hydrogen-bond acceptors (Lipinski definition) is 4. The maximum absolute atomic E-state index is 13.3. The molecule has 1 saturated carbocycles. The van der Waals surface area contributed by atoms with Crippen molar-refractivity contribution in [2.45, 2.75) is 37.8 Å². The SMILES string of the molecule is Cl.NC1CCC(NC(=O)c2cc(F)cc([N+](=O)[O-])c2)CC1. The Hall–Kier alpha value is -1.73. The van der Waals surface area contributed by atoms with Crippen LogP contribution < -0.4 is 11.1 Å². The van der Waals surface area contributed by atoms with E-state index in [9.17, 15) is 19.3 Å². The molecule has 0 unspecified atom stereocenters. The number of halogens is 2.